The summed E-state index contributed by atoms with van der Waals surface area (Å²) in [5, 5.41) is 6.74. The van der Waals surface area contributed by atoms with Crippen LogP contribution < -0.4 is 14.8 Å². The summed E-state index contributed by atoms with van der Waals surface area (Å²) >= 11 is 6.22. The molecule has 0 spiro atoms. The molecule has 1 heterocycles. The molecule has 0 aliphatic carbocycles. The van der Waals surface area contributed by atoms with Crippen molar-refractivity contribution in [3.8, 4) is 28.4 Å². The molecule has 1 amide bonds. The molecule has 0 unspecified atom stereocenters. The molecule has 0 aliphatic heterocycles. The highest BCUT2D eigenvalue weighted by Gasteiger charge is 2.35. The summed E-state index contributed by atoms with van der Waals surface area (Å²) in [5.74, 6) is 0.561. The summed E-state index contributed by atoms with van der Waals surface area (Å²) in [6, 6.07) is 18.5. The van der Waals surface area contributed by atoms with Crippen molar-refractivity contribution in [1.29, 1.82) is 0 Å². The number of ether oxygens (including phenoxy) is 2. The third kappa shape index (κ3) is 5.09. The van der Waals surface area contributed by atoms with Crippen LogP contribution in [0.2, 0.25) is 5.02 Å². The molecular weight excluding hydrogens is 483 g/mol. The first kappa shape index (κ1) is 24.2. The van der Waals surface area contributed by atoms with E-state index in [-0.39, 0.29) is 12.1 Å². The monoisotopic (exact) mass is 503 g/mol. The Morgan fingerprint density at radius 1 is 1.00 bits per heavy atom. The van der Waals surface area contributed by atoms with Crippen molar-refractivity contribution in [3.05, 3.63) is 89.1 Å². The number of rotatable bonds is 6. The highest BCUT2D eigenvalue weighted by atomic mass is 35.5. The number of nitrogens with zero attached hydrogens (tertiary/aromatic N) is 2. The molecular formula is C25H21ClF3N3O3. The van der Waals surface area contributed by atoms with E-state index < -0.39 is 17.8 Å². The van der Waals surface area contributed by atoms with Gasteiger partial charge in [-0.3, -0.25) is 4.79 Å². The molecule has 182 valence electrons. The average molecular weight is 504 g/mol. The van der Waals surface area contributed by atoms with Gasteiger partial charge in [0.15, 0.2) is 5.69 Å². The lowest BCUT2D eigenvalue weighted by molar-refractivity contribution is -0.141. The smallest absolute Gasteiger partial charge is 0.435 e. The highest BCUT2D eigenvalue weighted by Crippen LogP contribution is 2.35. The SMILES string of the molecule is COc1ccc(NC(=O)c2ccc(-c3cc(C(F)(F)F)nn3-c3ccccc3Cl)cc2)c(OC)c1.[HH]. The molecule has 0 saturated carbocycles. The molecule has 4 aromatic rings. The third-order valence-electron chi connectivity index (χ3n) is 5.18. The average Bonchev–Trinajstić information content (AvgIpc) is 3.30. The number of para-hydroxylation sites is 1. The van der Waals surface area contributed by atoms with Gasteiger partial charge in [0.1, 0.15) is 11.5 Å². The molecule has 0 aliphatic rings. The second kappa shape index (κ2) is 9.71. The fourth-order valence-corrected chi connectivity index (χ4v) is 3.64. The Kier molecular flexibility index (Phi) is 6.70. The van der Waals surface area contributed by atoms with Crippen molar-refractivity contribution >= 4 is 23.2 Å². The lowest BCUT2D eigenvalue weighted by Crippen LogP contribution is -2.12. The summed E-state index contributed by atoms with van der Waals surface area (Å²) < 4.78 is 51.8. The van der Waals surface area contributed by atoms with E-state index in [1.165, 1.54) is 26.4 Å². The number of carbonyl (C=O) groups excluding carboxylic acids is 1. The van der Waals surface area contributed by atoms with Gasteiger partial charge >= 0.3 is 6.18 Å². The minimum atomic E-state index is -4.64. The van der Waals surface area contributed by atoms with Crippen LogP contribution in [0, 0.1) is 0 Å². The van der Waals surface area contributed by atoms with E-state index in [0.29, 0.717) is 34.0 Å². The van der Waals surface area contributed by atoms with Gasteiger partial charge in [-0.25, -0.2) is 4.68 Å². The minimum absolute atomic E-state index is 0. The number of benzene rings is 3. The maximum Gasteiger partial charge on any atom is 0.435 e. The van der Waals surface area contributed by atoms with Crippen molar-refractivity contribution < 1.29 is 28.9 Å². The number of alkyl halides is 3. The fraction of sp³-hybridized carbons (Fsp3) is 0.120. The van der Waals surface area contributed by atoms with Crippen LogP contribution in [0.15, 0.2) is 72.8 Å². The van der Waals surface area contributed by atoms with Crippen LogP contribution in [0.3, 0.4) is 0 Å². The molecule has 0 atom stereocenters. The first-order valence-corrected chi connectivity index (χ1v) is 10.6. The first-order chi connectivity index (χ1) is 16.7. The number of aromatic nitrogens is 2. The Balaban J connectivity index is 0.00000361. The van der Waals surface area contributed by atoms with Crippen molar-refractivity contribution in [2.24, 2.45) is 0 Å². The van der Waals surface area contributed by atoms with Crippen LogP contribution in [0.4, 0.5) is 18.9 Å². The lowest BCUT2D eigenvalue weighted by Gasteiger charge is -2.12. The number of anilines is 1. The Bertz CT molecular complexity index is 1380. The predicted molar refractivity (Wildman–Crippen MR) is 129 cm³/mol. The van der Waals surface area contributed by atoms with Crippen LogP contribution in [-0.2, 0) is 6.18 Å². The molecule has 0 saturated heterocycles. The summed E-state index contributed by atoms with van der Waals surface area (Å²) in [5.41, 5.74) is 0.579. The van der Waals surface area contributed by atoms with Crippen LogP contribution >= 0.6 is 11.6 Å². The Hall–Kier alpha value is -3.98. The van der Waals surface area contributed by atoms with Gasteiger partial charge in [0.2, 0.25) is 0 Å². The van der Waals surface area contributed by atoms with Gasteiger partial charge < -0.3 is 14.8 Å². The van der Waals surface area contributed by atoms with Gasteiger partial charge in [0, 0.05) is 18.6 Å². The number of nitrogens with one attached hydrogen (secondary N) is 1. The van der Waals surface area contributed by atoms with E-state index in [9.17, 15) is 18.0 Å². The Morgan fingerprint density at radius 3 is 2.34 bits per heavy atom. The van der Waals surface area contributed by atoms with E-state index in [4.69, 9.17) is 21.1 Å². The molecule has 1 N–H and O–H groups in total. The van der Waals surface area contributed by atoms with E-state index in [1.807, 2.05) is 0 Å². The summed E-state index contributed by atoms with van der Waals surface area (Å²) in [4.78, 5) is 12.8. The summed E-state index contributed by atoms with van der Waals surface area (Å²) in [6.07, 6.45) is -4.64. The Morgan fingerprint density at radius 2 is 1.71 bits per heavy atom. The molecule has 10 heteroatoms. The largest absolute Gasteiger partial charge is 0.497 e. The van der Waals surface area contributed by atoms with Crippen LogP contribution in [0.5, 0.6) is 11.5 Å². The molecule has 0 bridgehead atoms. The zero-order valence-corrected chi connectivity index (χ0v) is 19.3. The number of carbonyl (C=O) groups is 1. The van der Waals surface area contributed by atoms with E-state index >= 15 is 0 Å². The van der Waals surface area contributed by atoms with Crippen molar-refractivity contribution in [2.45, 2.75) is 6.18 Å². The molecule has 6 nitrogen and oxygen atoms in total. The molecule has 3 aromatic carbocycles. The zero-order chi connectivity index (χ0) is 25.2. The fourth-order valence-electron chi connectivity index (χ4n) is 3.42. The van der Waals surface area contributed by atoms with Crippen LogP contribution in [0.1, 0.15) is 17.5 Å². The van der Waals surface area contributed by atoms with Crippen LogP contribution in [-0.4, -0.2) is 29.9 Å². The second-order valence-corrected chi connectivity index (χ2v) is 7.78. The highest BCUT2D eigenvalue weighted by molar-refractivity contribution is 6.32. The summed E-state index contributed by atoms with van der Waals surface area (Å²) in [6.45, 7) is 0. The van der Waals surface area contributed by atoms with Crippen molar-refractivity contribution in [2.75, 3.05) is 19.5 Å². The number of methoxy groups -OCH3 is 2. The minimum Gasteiger partial charge on any atom is -0.497 e. The van der Waals surface area contributed by atoms with Gasteiger partial charge in [-0.2, -0.15) is 18.3 Å². The van der Waals surface area contributed by atoms with E-state index in [1.54, 1.807) is 54.6 Å². The summed E-state index contributed by atoms with van der Waals surface area (Å²) in [7, 11) is 2.99. The number of hydrogen-bond donors (Lipinski definition) is 1. The standard InChI is InChI=1S/C25H19ClF3N3O3.H2/c1-34-17-11-12-19(22(13-17)35-2)30-24(33)16-9-7-15(8-10-16)21-14-23(25(27,28)29)31-32(21)20-6-4-3-5-18(20)26;/h3-14H,1-2H3,(H,30,33);1H. The van der Waals surface area contributed by atoms with Crippen molar-refractivity contribution in [1.82, 2.24) is 9.78 Å². The number of hydrogen-bond acceptors (Lipinski definition) is 4. The maximum absolute atomic E-state index is 13.4. The third-order valence-corrected chi connectivity index (χ3v) is 5.50. The molecule has 35 heavy (non-hydrogen) atoms. The lowest BCUT2D eigenvalue weighted by atomic mass is 10.1. The molecule has 4 rings (SSSR count). The Labute approximate surface area is 205 Å². The van der Waals surface area contributed by atoms with Crippen molar-refractivity contribution in [3.63, 3.8) is 0 Å². The van der Waals surface area contributed by atoms with Gasteiger partial charge in [-0.15, -0.1) is 0 Å². The normalized spacial score (nSPS) is 11.3. The predicted octanol–water partition coefficient (Wildman–Crippen LogP) is 6.73. The maximum atomic E-state index is 13.4. The van der Waals surface area contributed by atoms with E-state index in [0.717, 1.165) is 10.7 Å². The quantitative estimate of drug-likeness (QED) is 0.317. The van der Waals surface area contributed by atoms with Gasteiger partial charge in [0.25, 0.3) is 5.91 Å². The topological polar surface area (TPSA) is 65.4 Å². The van der Waals surface area contributed by atoms with Gasteiger partial charge in [-0.05, 0) is 42.5 Å². The van der Waals surface area contributed by atoms with Crippen LogP contribution in [0.25, 0.3) is 16.9 Å². The second-order valence-electron chi connectivity index (χ2n) is 7.37. The number of halogens is 4. The molecule has 0 radical (unpaired) electrons. The molecule has 0 fully saturated rings. The van der Waals surface area contributed by atoms with Gasteiger partial charge in [0.05, 0.1) is 36.3 Å². The first-order valence-electron chi connectivity index (χ1n) is 10.3. The number of amides is 1. The van der Waals surface area contributed by atoms with Gasteiger partial charge in [-0.1, -0.05) is 35.9 Å². The zero-order valence-electron chi connectivity index (χ0n) is 18.6. The van der Waals surface area contributed by atoms with E-state index in [2.05, 4.69) is 10.4 Å². The molecule has 1 aromatic heterocycles.